The minimum atomic E-state index is -1.73. The van der Waals surface area contributed by atoms with Crippen molar-refractivity contribution in [2.75, 3.05) is 26.8 Å². The van der Waals surface area contributed by atoms with E-state index in [1.54, 1.807) is 18.1 Å². The van der Waals surface area contributed by atoms with Crippen LogP contribution in [-0.2, 0) is 13.9 Å². The number of carbonyl (C=O) groups is 1. The largest absolute Gasteiger partial charge is 0.444 e. The zero-order chi connectivity index (χ0) is 20.2. The summed E-state index contributed by atoms with van der Waals surface area (Å²) in [5.74, 6) is 6.12. The molecule has 6 heteroatoms. The molecule has 1 rings (SSSR count). The third-order valence-corrected chi connectivity index (χ3v) is 9.28. The Morgan fingerprint density at radius 3 is 2.23 bits per heavy atom. The highest BCUT2D eigenvalue weighted by Gasteiger charge is 2.46. The van der Waals surface area contributed by atoms with Crippen molar-refractivity contribution in [2.24, 2.45) is 0 Å². The smallest absolute Gasteiger partial charge is 0.410 e. The van der Waals surface area contributed by atoms with Crippen LogP contribution in [0.15, 0.2) is 12.2 Å². The number of carbonyl (C=O) groups excluding carboxylic acids is 1. The van der Waals surface area contributed by atoms with Crippen molar-refractivity contribution in [1.29, 1.82) is 0 Å². The standard InChI is InChI=1S/C20H35NO4Si/c1-18(2,3)25-17(22)21-15-20(16-21,23-7)13-11-10-12-14-24-26(8,9)19(4,5)6/h10,12H,14-16H2,1-9H3/b12-10+. The number of amides is 1. The number of likely N-dealkylation sites (tertiary alicyclic amines) is 1. The fourth-order valence-electron chi connectivity index (χ4n) is 2.04. The Hall–Kier alpha value is -1.29. The summed E-state index contributed by atoms with van der Waals surface area (Å²) in [6, 6.07) is 0. The summed E-state index contributed by atoms with van der Waals surface area (Å²) in [4.78, 5) is 13.6. The molecule has 0 aliphatic carbocycles. The number of allylic oxidation sites excluding steroid dienone is 1. The molecule has 26 heavy (non-hydrogen) atoms. The Morgan fingerprint density at radius 2 is 1.77 bits per heavy atom. The maximum atomic E-state index is 12.0. The van der Waals surface area contributed by atoms with Crippen molar-refractivity contribution in [1.82, 2.24) is 4.90 Å². The molecule has 0 atom stereocenters. The van der Waals surface area contributed by atoms with Crippen molar-refractivity contribution < 1.29 is 18.7 Å². The van der Waals surface area contributed by atoms with Crippen LogP contribution in [0.25, 0.3) is 0 Å². The Kier molecular flexibility index (Phi) is 7.14. The predicted molar refractivity (Wildman–Crippen MR) is 108 cm³/mol. The summed E-state index contributed by atoms with van der Waals surface area (Å²) >= 11 is 0. The summed E-state index contributed by atoms with van der Waals surface area (Å²) < 4.78 is 16.9. The molecule has 148 valence electrons. The van der Waals surface area contributed by atoms with Crippen LogP contribution in [0.4, 0.5) is 4.79 Å². The molecule has 0 aromatic rings. The normalized spacial score (nSPS) is 17.5. The molecule has 0 N–H and O–H groups in total. The van der Waals surface area contributed by atoms with Crippen LogP contribution in [0.2, 0.25) is 18.1 Å². The molecule has 1 heterocycles. The third-order valence-electron chi connectivity index (χ3n) is 4.78. The fourth-order valence-corrected chi connectivity index (χ4v) is 2.98. The van der Waals surface area contributed by atoms with Crippen LogP contribution in [0.3, 0.4) is 0 Å². The monoisotopic (exact) mass is 381 g/mol. The Labute approximate surface area is 160 Å². The minimum Gasteiger partial charge on any atom is -0.444 e. The zero-order valence-electron chi connectivity index (χ0n) is 17.9. The Balaban J connectivity index is 2.50. The second-order valence-electron chi connectivity index (χ2n) is 9.28. The molecule has 0 aromatic heterocycles. The second-order valence-corrected chi connectivity index (χ2v) is 14.1. The number of rotatable bonds is 4. The average Bonchev–Trinajstić information content (AvgIpc) is 2.41. The van der Waals surface area contributed by atoms with E-state index in [0.29, 0.717) is 19.7 Å². The van der Waals surface area contributed by atoms with Crippen LogP contribution in [0.1, 0.15) is 41.5 Å². The lowest BCUT2D eigenvalue weighted by molar-refractivity contribution is -0.0851. The van der Waals surface area contributed by atoms with E-state index >= 15 is 0 Å². The molecule has 0 spiro atoms. The van der Waals surface area contributed by atoms with Crippen LogP contribution < -0.4 is 0 Å². The van der Waals surface area contributed by atoms with Gasteiger partial charge in [-0.1, -0.05) is 38.7 Å². The molecule has 1 amide bonds. The highest BCUT2D eigenvalue weighted by Crippen LogP contribution is 2.36. The lowest BCUT2D eigenvalue weighted by Gasteiger charge is -2.45. The van der Waals surface area contributed by atoms with Gasteiger partial charge in [-0.05, 0) is 45.0 Å². The van der Waals surface area contributed by atoms with Crippen molar-refractivity contribution >= 4 is 14.4 Å². The molecule has 5 nitrogen and oxygen atoms in total. The van der Waals surface area contributed by atoms with Gasteiger partial charge in [-0.25, -0.2) is 4.79 Å². The predicted octanol–water partition coefficient (Wildman–Crippen LogP) is 4.20. The van der Waals surface area contributed by atoms with Crippen molar-refractivity contribution in [3.63, 3.8) is 0 Å². The van der Waals surface area contributed by atoms with Gasteiger partial charge in [-0.2, -0.15) is 0 Å². The van der Waals surface area contributed by atoms with E-state index in [1.807, 2.05) is 26.8 Å². The summed E-state index contributed by atoms with van der Waals surface area (Å²) in [6.45, 7) is 18.1. The molecule has 1 fully saturated rings. The number of ether oxygens (including phenoxy) is 2. The summed E-state index contributed by atoms with van der Waals surface area (Å²) in [6.07, 6.45) is 3.40. The molecule has 1 aliphatic heterocycles. The lowest BCUT2D eigenvalue weighted by atomic mass is 9.95. The second kappa shape index (κ2) is 8.16. The van der Waals surface area contributed by atoms with Gasteiger partial charge in [0.05, 0.1) is 19.7 Å². The van der Waals surface area contributed by atoms with Gasteiger partial charge in [0.25, 0.3) is 0 Å². The first-order chi connectivity index (χ1) is 11.7. The molecule has 1 saturated heterocycles. The molecular formula is C20H35NO4Si. The molecular weight excluding hydrogens is 346 g/mol. The van der Waals surface area contributed by atoms with E-state index in [4.69, 9.17) is 13.9 Å². The van der Waals surface area contributed by atoms with Crippen LogP contribution in [-0.4, -0.2) is 57.3 Å². The maximum absolute atomic E-state index is 12.0. The van der Waals surface area contributed by atoms with E-state index < -0.39 is 19.5 Å². The highest BCUT2D eigenvalue weighted by atomic mass is 28.4. The van der Waals surface area contributed by atoms with Gasteiger partial charge >= 0.3 is 6.09 Å². The van der Waals surface area contributed by atoms with Crippen molar-refractivity contribution in [2.45, 2.75) is 70.9 Å². The highest BCUT2D eigenvalue weighted by molar-refractivity contribution is 6.74. The first kappa shape index (κ1) is 22.7. The van der Waals surface area contributed by atoms with Crippen LogP contribution >= 0.6 is 0 Å². The number of methoxy groups -OCH3 is 1. The molecule has 0 bridgehead atoms. The van der Waals surface area contributed by atoms with Crippen LogP contribution in [0, 0.1) is 11.8 Å². The van der Waals surface area contributed by atoms with Gasteiger partial charge in [0, 0.05) is 7.11 Å². The summed E-state index contributed by atoms with van der Waals surface area (Å²) in [7, 11) is -0.112. The summed E-state index contributed by atoms with van der Waals surface area (Å²) in [5, 5.41) is 0.198. The lowest BCUT2D eigenvalue weighted by Crippen LogP contribution is -2.64. The Bertz CT molecular complexity index is 582. The van der Waals surface area contributed by atoms with E-state index in [-0.39, 0.29) is 11.1 Å². The topological polar surface area (TPSA) is 48.0 Å². The van der Waals surface area contributed by atoms with Gasteiger partial charge in [0.15, 0.2) is 13.9 Å². The van der Waals surface area contributed by atoms with E-state index in [2.05, 4.69) is 45.7 Å². The maximum Gasteiger partial charge on any atom is 0.410 e. The van der Waals surface area contributed by atoms with Gasteiger partial charge in [0.2, 0.25) is 0 Å². The molecule has 0 radical (unpaired) electrons. The summed E-state index contributed by atoms with van der Waals surface area (Å²) in [5.41, 5.74) is -1.11. The number of hydrogen-bond donors (Lipinski definition) is 0. The van der Waals surface area contributed by atoms with Crippen LogP contribution in [0.5, 0.6) is 0 Å². The van der Waals surface area contributed by atoms with Crippen molar-refractivity contribution in [3.8, 4) is 11.8 Å². The zero-order valence-corrected chi connectivity index (χ0v) is 18.9. The molecule has 1 aliphatic rings. The molecule has 0 aromatic carbocycles. The van der Waals surface area contributed by atoms with E-state index in [0.717, 1.165) is 0 Å². The van der Waals surface area contributed by atoms with E-state index in [1.165, 1.54) is 0 Å². The third kappa shape index (κ3) is 6.46. The average molecular weight is 382 g/mol. The fraction of sp³-hybridized carbons (Fsp3) is 0.750. The quantitative estimate of drug-likeness (QED) is 0.541. The number of nitrogens with zero attached hydrogens (tertiary/aromatic N) is 1. The molecule has 0 saturated carbocycles. The van der Waals surface area contributed by atoms with Gasteiger partial charge in [0.1, 0.15) is 5.60 Å². The minimum absolute atomic E-state index is 0.198. The SMILES string of the molecule is COC1(C#C/C=C/CO[Si](C)(C)C(C)(C)C)CN(C(=O)OC(C)(C)C)C1. The Morgan fingerprint density at radius 1 is 1.19 bits per heavy atom. The first-order valence-corrected chi connectivity index (χ1v) is 12.0. The molecule has 0 unspecified atom stereocenters. The van der Waals surface area contributed by atoms with Gasteiger partial charge in [-0.3, -0.25) is 0 Å². The number of hydrogen-bond acceptors (Lipinski definition) is 4. The van der Waals surface area contributed by atoms with Crippen molar-refractivity contribution in [3.05, 3.63) is 12.2 Å². The van der Waals surface area contributed by atoms with Gasteiger partial charge in [-0.15, -0.1) is 0 Å². The van der Waals surface area contributed by atoms with Gasteiger partial charge < -0.3 is 18.8 Å². The first-order valence-electron chi connectivity index (χ1n) is 9.06. The van der Waals surface area contributed by atoms with E-state index in [9.17, 15) is 4.79 Å².